The predicted octanol–water partition coefficient (Wildman–Crippen LogP) is -0.488. The number of carbonyl (C=O) groups is 1. The van der Waals surface area contributed by atoms with Crippen molar-refractivity contribution in [3.63, 3.8) is 0 Å². The molecular weight excluding hydrogens is 254 g/mol. The average Bonchev–Trinajstić information content (AvgIpc) is 2.26. The van der Waals surface area contributed by atoms with Crippen molar-refractivity contribution in [2.45, 2.75) is 31.9 Å². The van der Waals surface area contributed by atoms with Gasteiger partial charge in [0.05, 0.1) is 11.8 Å². The molecule has 0 spiro atoms. The molecule has 3 N–H and O–H groups in total. The Morgan fingerprint density at radius 3 is 2.72 bits per heavy atom. The number of nitrogens with two attached hydrogens (primary N) is 1. The molecule has 0 bridgehead atoms. The van der Waals surface area contributed by atoms with Crippen molar-refractivity contribution in [3.05, 3.63) is 0 Å². The van der Waals surface area contributed by atoms with Crippen LogP contribution in [0.2, 0.25) is 0 Å². The van der Waals surface area contributed by atoms with E-state index in [0.29, 0.717) is 6.54 Å². The van der Waals surface area contributed by atoms with Crippen molar-refractivity contribution in [1.82, 2.24) is 9.62 Å². The first-order chi connectivity index (χ1) is 8.31. The zero-order valence-corrected chi connectivity index (χ0v) is 11.9. The normalized spacial score (nSPS) is 22.3. The molecule has 1 heterocycles. The number of amides is 1. The number of carbonyl (C=O) groups excluding carboxylic acids is 1. The highest BCUT2D eigenvalue weighted by molar-refractivity contribution is 7.90. The smallest absolute Gasteiger partial charge is 0.231 e. The van der Waals surface area contributed by atoms with E-state index in [1.54, 1.807) is 13.8 Å². The first-order valence-corrected chi connectivity index (χ1v) is 7.85. The highest BCUT2D eigenvalue weighted by atomic mass is 32.2. The zero-order valence-electron chi connectivity index (χ0n) is 11.1. The molecule has 1 amide bonds. The van der Waals surface area contributed by atoms with Gasteiger partial charge in [-0.05, 0) is 39.2 Å². The molecule has 0 aromatic heterocycles. The lowest BCUT2D eigenvalue weighted by Crippen LogP contribution is -2.44. The van der Waals surface area contributed by atoms with Gasteiger partial charge < -0.3 is 5.73 Å². The highest BCUT2D eigenvalue weighted by Crippen LogP contribution is 2.15. The number of rotatable bonds is 6. The third-order valence-electron chi connectivity index (χ3n) is 3.18. The minimum absolute atomic E-state index is 0.256. The van der Waals surface area contributed by atoms with Gasteiger partial charge in [0, 0.05) is 13.1 Å². The number of piperidine rings is 1. The van der Waals surface area contributed by atoms with Crippen LogP contribution in [-0.2, 0) is 14.8 Å². The van der Waals surface area contributed by atoms with E-state index < -0.39 is 15.3 Å². The molecule has 1 aliphatic heterocycles. The monoisotopic (exact) mass is 277 g/mol. The standard InChI is InChI=1S/C11H23N3O3S/c1-9(2)18(16,17)13-6-10-4-3-5-14(7-10)8-11(12)15/h9-10,13H,3-8H2,1-2H3,(H2,12,15)/t10-/m1/s1. The van der Waals surface area contributed by atoms with Crippen LogP contribution in [-0.4, -0.2) is 50.7 Å². The van der Waals surface area contributed by atoms with E-state index in [9.17, 15) is 13.2 Å². The summed E-state index contributed by atoms with van der Waals surface area (Å²) < 4.78 is 25.9. The van der Waals surface area contributed by atoms with Gasteiger partial charge in [-0.1, -0.05) is 0 Å². The molecule has 0 radical (unpaired) electrons. The molecule has 1 fully saturated rings. The van der Waals surface area contributed by atoms with Gasteiger partial charge in [-0.25, -0.2) is 13.1 Å². The van der Waals surface area contributed by atoms with E-state index in [0.717, 1.165) is 25.9 Å². The Kier molecular flexibility index (Phi) is 5.55. The quantitative estimate of drug-likeness (QED) is 0.685. The molecule has 18 heavy (non-hydrogen) atoms. The topological polar surface area (TPSA) is 92.5 Å². The fraction of sp³-hybridized carbons (Fsp3) is 0.909. The van der Waals surface area contributed by atoms with E-state index >= 15 is 0 Å². The van der Waals surface area contributed by atoms with Crippen LogP contribution >= 0.6 is 0 Å². The van der Waals surface area contributed by atoms with Gasteiger partial charge in [0.25, 0.3) is 0 Å². The SMILES string of the molecule is CC(C)S(=O)(=O)NC[C@H]1CCCN(CC(N)=O)C1. The third-order valence-corrected chi connectivity index (χ3v) is 4.99. The number of hydrogen-bond donors (Lipinski definition) is 2. The van der Waals surface area contributed by atoms with Crippen LogP contribution in [0.25, 0.3) is 0 Å². The molecular formula is C11H23N3O3S. The van der Waals surface area contributed by atoms with E-state index in [1.165, 1.54) is 0 Å². The van der Waals surface area contributed by atoms with Crippen molar-refractivity contribution in [2.75, 3.05) is 26.2 Å². The second-order valence-electron chi connectivity index (χ2n) is 5.15. The van der Waals surface area contributed by atoms with Crippen LogP contribution in [0.4, 0.5) is 0 Å². The molecule has 106 valence electrons. The maximum atomic E-state index is 11.6. The predicted molar refractivity (Wildman–Crippen MR) is 70.4 cm³/mol. The van der Waals surface area contributed by atoms with Crippen molar-refractivity contribution in [3.8, 4) is 0 Å². The number of likely N-dealkylation sites (tertiary alicyclic amines) is 1. The lowest BCUT2D eigenvalue weighted by molar-refractivity contribution is -0.119. The molecule has 0 aliphatic carbocycles. The summed E-state index contributed by atoms with van der Waals surface area (Å²) in [5, 5.41) is -0.414. The Hall–Kier alpha value is -0.660. The largest absolute Gasteiger partial charge is 0.369 e. The van der Waals surface area contributed by atoms with Crippen LogP contribution in [0.1, 0.15) is 26.7 Å². The molecule has 0 aromatic carbocycles. The summed E-state index contributed by atoms with van der Waals surface area (Å²) in [7, 11) is -3.20. The Labute approximate surface area is 109 Å². The summed E-state index contributed by atoms with van der Waals surface area (Å²) in [6.07, 6.45) is 1.96. The Morgan fingerprint density at radius 2 is 2.17 bits per heavy atom. The fourth-order valence-corrected chi connectivity index (χ4v) is 2.88. The average molecular weight is 277 g/mol. The highest BCUT2D eigenvalue weighted by Gasteiger charge is 2.23. The van der Waals surface area contributed by atoms with E-state index in [-0.39, 0.29) is 18.4 Å². The number of nitrogens with zero attached hydrogens (tertiary/aromatic N) is 1. The molecule has 0 aromatic rings. The van der Waals surface area contributed by atoms with Gasteiger partial charge in [-0.2, -0.15) is 0 Å². The summed E-state index contributed by atoms with van der Waals surface area (Å²) >= 11 is 0. The molecule has 7 heteroatoms. The number of hydrogen-bond acceptors (Lipinski definition) is 4. The van der Waals surface area contributed by atoms with Crippen molar-refractivity contribution in [2.24, 2.45) is 11.7 Å². The number of primary amides is 1. The Balaban J connectivity index is 2.41. The van der Waals surface area contributed by atoms with Gasteiger partial charge in [0.15, 0.2) is 0 Å². The molecule has 1 saturated heterocycles. The number of sulfonamides is 1. The molecule has 1 atom stereocenters. The third kappa shape index (κ3) is 4.91. The second-order valence-corrected chi connectivity index (χ2v) is 7.47. The lowest BCUT2D eigenvalue weighted by atomic mass is 9.98. The van der Waals surface area contributed by atoms with Crippen LogP contribution in [0.15, 0.2) is 0 Å². The van der Waals surface area contributed by atoms with Crippen molar-refractivity contribution < 1.29 is 13.2 Å². The van der Waals surface area contributed by atoms with Crippen molar-refractivity contribution >= 4 is 15.9 Å². The summed E-state index contributed by atoms with van der Waals surface area (Å²) in [5.41, 5.74) is 5.16. The molecule has 1 aliphatic rings. The summed E-state index contributed by atoms with van der Waals surface area (Å²) in [6, 6.07) is 0. The van der Waals surface area contributed by atoms with Crippen molar-refractivity contribution in [1.29, 1.82) is 0 Å². The minimum Gasteiger partial charge on any atom is -0.369 e. The summed E-state index contributed by atoms with van der Waals surface area (Å²) in [6.45, 7) is 5.59. The minimum atomic E-state index is -3.20. The van der Waals surface area contributed by atoms with E-state index in [2.05, 4.69) is 4.72 Å². The van der Waals surface area contributed by atoms with Gasteiger partial charge >= 0.3 is 0 Å². The fourth-order valence-electron chi connectivity index (χ4n) is 2.08. The van der Waals surface area contributed by atoms with Gasteiger partial charge in [0.2, 0.25) is 15.9 Å². The first kappa shape index (κ1) is 15.4. The zero-order chi connectivity index (χ0) is 13.8. The molecule has 1 rings (SSSR count). The maximum absolute atomic E-state index is 11.6. The Morgan fingerprint density at radius 1 is 1.50 bits per heavy atom. The molecule has 0 saturated carbocycles. The maximum Gasteiger partial charge on any atom is 0.231 e. The van der Waals surface area contributed by atoms with Crippen LogP contribution in [0.3, 0.4) is 0 Å². The molecule has 0 unspecified atom stereocenters. The van der Waals surface area contributed by atoms with Gasteiger partial charge in [-0.15, -0.1) is 0 Å². The molecule has 6 nitrogen and oxygen atoms in total. The van der Waals surface area contributed by atoms with Crippen LogP contribution in [0.5, 0.6) is 0 Å². The van der Waals surface area contributed by atoms with E-state index in [4.69, 9.17) is 5.73 Å². The van der Waals surface area contributed by atoms with E-state index in [1.807, 2.05) is 4.90 Å². The second kappa shape index (κ2) is 6.49. The lowest BCUT2D eigenvalue weighted by Gasteiger charge is -2.31. The first-order valence-electron chi connectivity index (χ1n) is 6.30. The summed E-state index contributed by atoms with van der Waals surface area (Å²) in [4.78, 5) is 12.8. The van der Waals surface area contributed by atoms with Gasteiger partial charge in [0.1, 0.15) is 0 Å². The number of nitrogens with one attached hydrogen (secondary N) is 1. The Bertz CT molecular complexity index is 381. The van der Waals surface area contributed by atoms with Gasteiger partial charge in [-0.3, -0.25) is 9.69 Å². The van der Waals surface area contributed by atoms with Crippen LogP contribution in [0, 0.1) is 5.92 Å². The van der Waals surface area contributed by atoms with Crippen LogP contribution < -0.4 is 10.5 Å². The summed E-state index contributed by atoms with van der Waals surface area (Å²) in [5.74, 6) is -0.0787.